The van der Waals surface area contributed by atoms with E-state index in [4.69, 9.17) is 5.84 Å². The zero-order valence-corrected chi connectivity index (χ0v) is 7.45. The van der Waals surface area contributed by atoms with Gasteiger partial charge in [0.2, 0.25) is 0 Å². The van der Waals surface area contributed by atoms with Gasteiger partial charge in [0.1, 0.15) is 19.6 Å². The zero-order valence-electron chi connectivity index (χ0n) is 7.45. The zero-order chi connectivity index (χ0) is 8.74. The van der Waals surface area contributed by atoms with E-state index in [1.807, 2.05) is 18.2 Å². The van der Waals surface area contributed by atoms with Crippen LogP contribution < -0.4 is 5.84 Å². The lowest BCUT2D eigenvalue weighted by molar-refractivity contribution is -0.923. The standard InChI is InChI=1S/C9H17N2.H2O/c1-4-7-11(10,8-5-2)9-6-3;/h4-6H,1-3,7-10H2;1H2/q+1;/p-1. The van der Waals surface area contributed by atoms with Crippen LogP contribution in [0.15, 0.2) is 38.0 Å². The number of nitrogens with zero attached hydrogens (tertiary/aromatic N) is 1. The summed E-state index contributed by atoms with van der Waals surface area (Å²) in [5, 5.41) is 0. The van der Waals surface area contributed by atoms with Gasteiger partial charge in [-0.2, -0.15) is 5.84 Å². The second-order valence-electron chi connectivity index (χ2n) is 2.63. The lowest BCUT2D eigenvalue weighted by Gasteiger charge is -2.29. The molecule has 3 nitrogen and oxygen atoms in total. The summed E-state index contributed by atoms with van der Waals surface area (Å²) in [5.41, 5.74) is 0. The number of quaternary nitrogens is 1. The molecule has 0 saturated heterocycles. The predicted octanol–water partition coefficient (Wildman–Crippen LogP) is 1.06. The molecule has 3 N–H and O–H groups in total. The molecule has 0 radical (unpaired) electrons. The van der Waals surface area contributed by atoms with Crippen LogP contribution in [-0.2, 0) is 0 Å². The van der Waals surface area contributed by atoms with E-state index in [1.54, 1.807) is 0 Å². The molecule has 0 aliphatic rings. The molecular formula is C9H18N2O. The lowest BCUT2D eigenvalue weighted by atomic mass is 10.4. The van der Waals surface area contributed by atoms with Crippen molar-refractivity contribution in [2.24, 2.45) is 5.84 Å². The van der Waals surface area contributed by atoms with Crippen LogP contribution >= 0.6 is 0 Å². The van der Waals surface area contributed by atoms with Crippen molar-refractivity contribution < 1.29 is 10.1 Å². The van der Waals surface area contributed by atoms with Gasteiger partial charge in [0, 0.05) is 0 Å². The summed E-state index contributed by atoms with van der Waals surface area (Å²) in [6, 6.07) is 0. The number of nitrogens with two attached hydrogens (primary N) is 1. The van der Waals surface area contributed by atoms with Gasteiger partial charge in [-0.15, -0.1) is 0 Å². The third-order valence-electron chi connectivity index (χ3n) is 1.48. The number of hydrogen-bond donors (Lipinski definition) is 1. The first-order valence-electron chi connectivity index (χ1n) is 3.66. The molecule has 0 aromatic carbocycles. The quantitative estimate of drug-likeness (QED) is 0.280. The normalized spacial score (nSPS) is 9.75. The van der Waals surface area contributed by atoms with E-state index in [0.29, 0.717) is 4.59 Å². The van der Waals surface area contributed by atoms with Gasteiger partial charge in [-0.3, -0.25) is 0 Å². The minimum Gasteiger partial charge on any atom is -0.870 e. The Morgan fingerprint density at radius 3 is 1.33 bits per heavy atom. The highest BCUT2D eigenvalue weighted by Crippen LogP contribution is 1.97. The molecule has 0 aliphatic carbocycles. The van der Waals surface area contributed by atoms with Crippen LogP contribution in [-0.4, -0.2) is 29.7 Å². The lowest BCUT2D eigenvalue weighted by Crippen LogP contribution is -2.54. The van der Waals surface area contributed by atoms with Gasteiger partial charge >= 0.3 is 0 Å². The summed E-state index contributed by atoms with van der Waals surface area (Å²) in [6.45, 7) is 13.2. The maximum Gasteiger partial charge on any atom is 0.115 e. The van der Waals surface area contributed by atoms with E-state index in [2.05, 4.69) is 19.7 Å². The largest absolute Gasteiger partial charge is 0.870 e. The molecule has 0 aromatic rings. The van der Waals surface area contributed by atoms with Crippen molar-refractivity contribution in [3.8, 4) is 0 Å². The predicted molar refractivity (Wildman–Crippen MR) is 51.6 cm³/mol. The first kappa shape index (κ1) is 13.7. The van der Waals surface area contributed by atoms with Gasteiger partial charge in [-0.1, -0.05) is 19.7 Å². The summed E-state index contributed by atoms with van der Waals surface area (Å²) in [4.78, 5) is 0. The molecule has 0 fully saturated rings. The van der Waals surface area contributed by atoms with Crippen LogP contribution in [0.25, 0.3) is 0 Å². The van der Waals surface area contributed by atoms with Crippen molar-refractivity contribution >= 4 is 0 Å². The Morgan fingerprint density at radius 1 is 0.917 bits per heavy atom. The number of hydrogen-bond acceptors (Lipinski definition) is 2. The third kappa shape index (κ3) is 4.85. The van der Waals surface area contributed by atoms with Gasteiger partial charge in [0.25, 0.3) is 0 Å². The first-order chi connectivity index (χ1) is 5.18. The van der Waals surface area contributed by atoms with Crippen molar-refractivity contribution in [2.45, 2.75) is 0 Å². The second-order valence-corrected chi connectivity index (χ2v) is 2.63. The van der Waals surface area contributed by atoms with Crippen LogP contribution in [0, 0.1) is 0 Å². The van der Waals surface area contributed by atoms with Gasteiger partial charge in [-0.05, 0) is 18.2 Å². The van der Waals surface area contributed by atoms with Gasteiger partial charge in [-0.25, -0.2) is 4.59 Å². The van der Waals surface area contributed by atoms with Gasteiger partial charge in [0.05, 0.1) is 0 Å². The van der Waals surface area contributed by atoms with E-state index >= 15 is 0 Å². The van der Waals surface area contributed by atoms with Crippen molar-refractivity contribution in [3.63, 3.8) is 0 Å². The Bertz CT molecular complexity index is 128. The highest BCUT2D eigenvalue weighted by Gasteiger charge is 2.16. The Hall–Kier alpha value is -0.900. The highest BCUT2D eigenvalue weighted by molar-refractivity contribution is 4.74. The maximum atomic E-state index is 5.95. The molecule has 0 atom stereocenters. The Kier molecular flexibility index (Phi) is 7.73. The molecule has 0 spiro atoms. The maximum absolute atomic E-state index is 5.95. The molecular weight excluding hydrogens is 152 g/mol. The smallest absolute Gasteiger partial charge is 0.115 e. The number of rotatable bonds is 6. The average Bonchev–Trinajstić information content (AvgIpc) is 1.88. The fraction of sp³-hybridized carbons (Fsp3) is 0.333. The minimum atomic E-state index is 0. The molecule has 0 aromatic heterocycles. The summed E-state index contributed by atoms with van der Waals surface area (Å²) in [7, 11) is 0. The topological polar surface area (TPSA) is 56.0 Å². The molecule has 70 valence electrons. The SMILES string of the molecule is C=CC[N+](N)(CC=C)CC=C.[OH-]. The van der Waals surface area contributed by atoms with Crippen LogP contribution in [0.1, 0.15) is 0 Å². The Labute approximate surface area is 74.4 Å². The molecule has 3 heteroatoms. The summed E-state index contributed by atoms with van der Waals surface area (Å²) in [5.74, 6) is 5.95. The van der Waals surface area contributed by atoms with E-state index in [1.165, 1.54) is 0 Å². The van der Waals surface area contributed by atoms with Gasteiger partial charge in [0.15, 0.2) is 0 Å². The van der Waals surface area contributed by atoms with Gasteiger partial charge < -0.3 is 5.48 Å². The molecule has 0 rings (SSSR count). The van der Waals surface area contributed by atoms with Crippen molar-refractivity contribution in [1.29, 1.82) is 0 Å². The minimum absolute atomic E-state index is 0. The third-order valence-corrected chi connectivity index (χ3v) is 1.48. The fourth-order valence-electron chi connectivity index (χ4n) is 0.995. The van der Waals surface area contributed by atoms with E-state index in [-0.39, 0.29) is 5.48 Å². The van der Waals surface area contributed by atoms with E-state index in [0.717, 1.165) is 19.6 Å². The Morgan fingerprint density at radius 2 is 1.17 bits per heavy atom. The summed E-state index contributed by atoms with van der Waals surface area (Å²) >= 11 is 0. The monoisotopic (exact) mass is 170 g/mol. The molecule has 0 amide bonds. The highest BCUT2D eigenvalue weighted by atomic mass is 16.0. The Balaban J connectivity index is 0. The molecule has 0 bridgehead atoms. The van der Waals surface area contributed by atoms with E-state index in [9.17, 15) is 0 Å². The van der Waals surface area contributed by atoms with Crippen LogP contribution in [0.2, 0.25) is 0 Å². The fourth-order valence-corrected chi connectivity index (χ4v) is 0.995. The summed E-state index contributed by atoms with van der Waals surface area (Å²) < 4.78 is 0.427. The molecule has 0 saturated carbocycles. The van der Waals surface area contributed by atoms with Crippen molar-refractivity contribution in [3.05, 3.63) is 38.0 Å². The molecule has 0 unspecified atom stereocenters. The second kappa shape index (κ2) is 6.79. The summed E-state index contributed by atoms with van der Waals surface area (Å²) in [6.07, 6.45) is 5.44. The molecule has 0 heterocycles. The van der Waals surface area contributed by atoms with Crippen LogP contribution in [0.4, 0.5) is 0 Å². The first-order valence-corrected chi connectivity index (χ1v) is 3.66. The average molecular weight is 170 g/mol. The molecule has 12 heavy (non-hydrogen) atoms. The van der Waals surface area contributed by atoms with E-state index < -0.39 is 0 Å². The van der Waals surface area contributed by atoms with Crippen LogP contribution in [0.3, 0.4) is 0 Å². The van der Waals surface area contributed by atoms with Crippen molar-refractivity contribution in [2.75, 3.05) is 19.6 Å². The van der Waals surface area contributed by atoms with Crippen molar-refractivity contribution in [1.82, 2.24) is 0 Å². The van der Waals surface area contributed by atoms with Crippen LogP contribution in [0.5, 0.6) is 0 Å². The molecule has 0 aliphatic heterocycles.